The fourth-order valence-electron chi connectivity index (χ4n) is 3.64. The SMILES string of the molecule is O=C(CSc1n[nH]c(-c2ccc(Cl)cc2)n1)N1CCc2[nH]c3ccccc3c2C1. The molecule has 1 amide bonds. The number of amides is 1. The zero-order valence-corrected chi connectivity index (χ0v) is 17.1. The van der Waals surface area contributed by atoms with Crippen LogP contribution in [0, 0.1) is 0 Å². The van der Waals surface area contributed by atoms with Crippen LogP contribution < -0.4 is 0 Å². The molecule has 0 bridgehead atoms. The summed E-state index contributed by atoms with van der Waals surface area (Å²) in [6, 6.07) is 15.6. The number of para-hydroxylation sites is 1. The molecule has 1 aliphatic heterocycles. The van der Waals surface area contributed by atoms with Gasteiger partial charge >= 0.3 is 0 Å². The lowest BCUT2D eigenvalue weighted by molar-refractivity contribution is -0.129. The quantitative estimate of drug-likeness (QED) is 0.480. The van der Waals surface area contributed by atoms with Crippen molar-refractivity contribution in [3.05, 3.63) is 64.8 Å². The van der Waals surface area contributed by atoms with E-state index in [1.165, 1.54) is 28.4 Å². The molecule has 3 heterocycles. The number of carbonyl (C=O) groups excluding carboxylic acids is 1. The summed E-state index contributed by atoms with van der Waals surface area (Å²) < 4.78 is 0. The van der Waals surface area contributed by atoms with Crippen LogP contribution in [0.15, 0.2) is 53.7 Å². The van der Waals surface area contributed by atoms with Gasteiger partial charge in [-0.3, -0.25) is 9.89 Å². The van der Waals surface area contributed by atoms with E-state index < -0.39 is 0 Å². The highest BCUT2D eigenvalue weighted by atomic mass is 35.5. The molecule has 8 heteroatoms. The maximum atomic E-state index is 12.8. The fourth-order valence-corrected chi connectivity index (χ4v) is 4.47. The molecular weight excluding hydrogens is 406 g/mol. The smallest absolute Gasteiger partial charge is 0.233 e. The molecule has 6 nitrogen and oxygen atoms in total. The molecule has 5 rings (SSSR count). The van der Waals surface area contributed by atoms with Gasteiger partial charge in [-0.15, -0.1) is 5.10 Å². The fraction of sp³-hybridized carbons (Fsp3) is 0.190. The highest BCUT2D eigenvalue weighted by Gasteiger charge is 2.24. The zero-order valence-electron chi connectivity index (χ0n) is 15.5. The molecule has 0 saturated carbocycles. The van der Waals surface area contributed by atoms with Gasteiger partial charge in [0, 0.05) is 52.3 Å². The van der Waals surface area contributed by atoms with Gasteiger partial charge in [-0.05, 0) is 30.3 Å². The second-order valence-corrected chi connectivity index (χ2v) is 8.33. The number of nitrogens with one attached hydrogen (secondary N) is 2. The largest absolute Gasteiger partial charge is 0.358 e. The maximum Gasteiger partial charge on any atom is 0.233 e. The summed E-state index contributed by atoms with van der Waals surface area (Å²) in [6.07, 6.45) is 0.849. The van der Waals surface area contributed by atoms with E-state index in [1.54, 1.807) is 0 Å². The van der Waals surface area contributed by atoms with Crippen LogP contribution in [0.25, 0.3) is 22.3 Å². The van der Waals surface area contributed by atoms with Crippen LogP contribution >= 0.6 is 23.4 Å². The Hall–Kier alpha value is -2.77. The van der Waals surface area contributed by atoms with Crippen molar-refractivity contribution in [3.8, 4) is 11.4 Å². The molecule has 0 radical (unpaired) electrons. The van der Waals surface area contributed by atoms with Crippen molar-refractivity contribution in [2.75, 3.05) is 12.3 Å². The van der Waals surface area contributed by atoms with Gasteiger partial charge in [0.25, 0.3) is 0 Å². The maximum absolute atomic E-state index is 12.8. The lowest BCUT2D eigenvalue weighted by atomic mass is 10.0. The van der Waals surface area contributed by atoms with Gasteiger partial charge in [-0.1, -0.05) is 41.6 Å². The predicted octanol–water partition coefficient (Wildman–Crippen LogP) is 4.28. The first-order valence-corrected chi connectivity index (χ1v) is 10.7. The third kappa shape index (κ3) is 3.63. The Morgan fingerprint density at radius 3 is 2.86 bits per heavy atom. The zero-order chi connectivity index (χ0) is 19.8. The predicted molar refractivity (Wildman–Crippen MR) is 115 cm³/mol. The van der Waals surface area contributed by atoms with Crippen LogP contribution in [0.1, 0.15) is 11.3 Å². The molecule has 0 fully saturated rings. The number of fused-ring (bicyclic) bond motifs is 3. The van der Waals surface area contributed by atoms with E-state index in [0.717, 1.165) is 24.0 Å². The minimum absolute atomic E-state index is 0.101. The Kier molecular flexibility index (Phi) is 4.77. The summed E-state index contributed by atoms with van der Waals surface area (Å²) in [6.45, 7) is 1.37. The van der Waals surface area contributed by atoms with E-state index >= 15 is 0 Å². The molecule has 2 aromatic carbocycles. The number of hydrogen-bond donors (Lipinski definition) is 2. The molecule has 0 spiro atoms. The van der Waals surface area contributed by atoms with E-state index in [2.05, 4.69) is 32.3 Å². The van der Waals surface area contributed by atoms with Crippen LogP contribution in [0.2, 0.25) is 5.02 Å². The van der Waals surface area contributed by atoms with Crippen molar-refractivity contribution < 1.29 is 4.79 Å². The lowest BCUT2D eigenvalue weighted by Gasteiger charge is -2.27. The number of rotatable bonds is 4. The Bertz CT molecular complexity index is 1180. The van der Waals surface area contributed by atoms with Crippen molar-refractivity contribution in [1.29, 1.82) is 0 Å². The molecular formula is C21H18ClN5OS. The Morgan fingerprint density at radius 2 is 2.00 bits per heavy atom. The van der Waals surface area contributed by atoms with Crippen LogP contribution in [0.3, 0.4) is 0 Å². The van der Waals surface area contributed by atoms with Crippen molar-refractivity contribution in [1.82, 2.24) is 25.1 Å². The van der Waals surface area contributed by atoms with Crippen LogP contribution in [0.4, 0.5) is 0 Å². The van der Waals surface area contributed by atoms with E-state index in [0.29, 0.717) is 28.3 Å². The number of H-pyrrole nitrogens is 2. The van der Waals surface area contributed by atoms with Gasteiger partial charge < -0.3 is 9.88 Å². The number of nitrogens with zero attached hydrogens (tertiary/aromatic N) is 3. The van der Waals surface area contributed by atoms with Crippen molar-refractivity contribution in [2.24, 2.45) is 0 Å². The molecule has 0 saturated heterocycles. The number of carbonyl (C=O) groups is 1. The minimum atomic E-state index is 0.101. The molecule has 4 aromatic rings. The van der Waals surface area contributed by atoms with Gasteiger partial charge in [0.05, 0.1) is 5.75 Å². The summed E-state index contributed by atoms with van der Waals surface area (Å²) in [4.78, 5) is 22.6. The molecule has 2 aromatic heterocycles. The van der Waals surface area contributed by atoms with Crippen LogP contribution in [0.5, 0.6) is 0 Å². The van der Waals surface area contributed by atoms with Gasteiger partial charge in [0.1, 0.15) is 0 Å². The average molecular weight is 424 g/mol. The summed E-state index contributed by atoms with van der Waals surface area (Å²) in [5.74, 6) is 1.08. The van der Waals surface area contributed by atoms with Gasteiger partial charge in [-0.25, -0.2) is 4.98 Å². The second-order valence-electron chi connectivity index (χ2n) is 6.96. The molecule has 0 atom stereocenters. The number of halogens is 1. The third-order valence-electron chi connectivity index (χ3n) is 5.14. The standard InChI is InChI=1S/C21H18ClN5OS/c22-14-7-5-13(6-8-14)20-24-21(26-25-20)29-12-19(28)27-10-9-18-16(11-27)15-3-1-2-4-17(15)23-18/h1-8,23H,9-12H2,(H,24,25,26). The van der Waals surface area contributed by atoms with Gasteiger partial charge in [0.2, 0.25) is 11.1 Å². The Morgan fingerprint density at radius 1 is 1.17 bits per heavy atom. The van der Waals surface area contributed by atoms with Crippen molar-refractivity contribution in [2.45, 2.75) is 18.1 Å². The summed E-state index contributed by atoms with van der Waals surface area (Å²) in [5.41, 5.74) is 4.51. The lowest BCUT2D eigenvalue weighted by Crippen LogP contribution is -2.36. The molecule has 0 aliphatic carbocycles. The highest BCUT2D eigenvalue weighted by Crippen LogP contribution is 2.28. The molecule has 1 aliphatic rings. The third-order valence-corrected chi connectivity index (χ3v) is 6.23. The minimum Gasteiger partial charge on any atom is -0.358 e. The Balaban J connectivity index is 1.24. The average Bonchev–Trinajstić information content (AvgIpc) is 3.37. The molecule has 29 heavy (non-hydrogen) atoms. The van der Waals surface area contributed by atoms with Crippen LogP contribution in [-0.2, 0) is 17.8 Å². The molecule has 2 N–H and O–H groups in total. The second kappa shape index (κ2) is 7.57. The number of hydrogen-bond acceptors (Lipinski definition) is 4. The van der Waals surface area contributed by atoms with Gasteiger partial charge in [-0.2, -0.15) is 0 Å². The number of thioether (sulfide) groups is 1. The highest BCUT2D eigenvalue weighted by molar-refractivity contribution is 7.99. The van der Waals surface area contributed by atoms with E-state index in [-0.39, 0.29) is 5.91 Å². The topological polar surface area (TPSA) is 77.7 Å². The van der Waals surface area contributed by atoms with Gasteiger partial charge in [0.15, 0.2) is 5.82 Å². The monoisotopic (exact) mass is 423 g/mol. The summed E-state index contributed by atoms with van der Waals surface area (Å²) in [7, 11) is 0. The molecule has 0 unspecified atom stereocenters. The number of aromatic amines is 2. The van der Waals surface area contributed by atoms with Crippen molar-refractivity contribution in [3.63, 3.8) is 0 Å². The van der Waals surface area contributed by atoms with E-state index in [9.17, 15) is 4.79 Å². The first-order chi connectivity index (χ1) is 14.2. The molecule has 146 valence electrons. The number of aromatic nitrogens is 4. The van der Waals surface area contributed by atoms with Crippen LogP contribution in [-0.4, -0.2) is 43.3 Å². The summed E-state index contributed by atoms with van der Waals surface area (Å²) >= 11 is 7.27. The number of benzene rings is 2. The summed E-state index contributed by atoms with van der Waals surface area (Å²) in [5, 5.41) is 9.58. The first kappa shape index (κ1) is 18.3. The van der Waals surface area contributed by atoms with E-state index in [4.69, 9.17) is 11.6 Å². The Labute approximate surface area is 176 Å². The van der Waals surface area contributed by atoms with Crippen molar-refractivity contribution >= 4 is 40.2 Å². The van der Waals surface area contributed by atoms with E-state index in [1.807, 2.05) is 41.3 Å². The first-order valence-electron chi connectivity index (χ1n) is 9.35. The normalized spacial score (nSPS) is 13.6.